The van der Waals surface area contributed by atoms with Gasteiger partial charge < -0.3 is 24.3 Å². The van der Waals surface area contributed by atoms with Crippen molar-refractivity contribution in [3.05, 3.63) is 92.4 Å². The van der Waals surface area contributed by atoms with Gasteiger partial charge >= 0.3 is 12.6 Å². The van der Waals surface area contributed by atoms with Crippen molar-refractivity contribution in [1.82, 2.24) is 9.80 Å². The molecule has 13 heteroatoms. The van der Waals surface area contributed by atoms with Crippen molar-refractivity contribution < 1.29 is 37.3 Å². The maximum Gasteiger partial charge on any atom is 0.387 e. The van der Waals surface area contributed by atoms with Crippen molar-refractivity contribution in [2.45, 2.75) is 57.4 Å². The number of nitrogens with zero attached hydrogens (tertiary/aromatic N) is 3. The second-order valence-electron chi connectivity index (χ2n) is 11.8. The molecule has 0 N–H and O–H groups in total. The standard InChI is InChI=1S/C33H35Cl2F2N3O6/c1-38(2)31(41)23-6-3-5-21(13-23)16-39-12-4-7-27(39)32(42)45-29(15-24-25(34)17-40(43)18-26(24)35)22-10-11-28(46-33(36)37)30(14-22)44-19-20-8-9-20/h3,5-6,10-11,13-14,17-18,20,27,29,33H,4,7-9,12,15-16,19H2,1-2H3/t27-,29-/m0/s1. The molecule has 0 bridgehead atoms. The van der Waals surface area contributed by atoms with E-state index in [1.54, 1.807) is 20.2 Å². The Hall–Kier alpha value is -3.67. The van der Waals surface area contributed by atoms with Crippen LogP contribution in [0.3, 0.4) is 0 Å². The van der Waals surface area contributed by atoms with Crippen LogP contribution in [0.5, 0.6) is 11.5 Å². The Bertz CT molecular complexity index is 1550. The van der Waals surface area contributed by atoms with Gasteiger partial charge in [0.2, 0.25) is 0 Å². The topological polar surface area (TPSA) is 95.3 Å². The fourth-order valence-electron chi connectivity index (χ4n) is 5.46. The molecule has 46 heavy (non-hydrogen) atoms. The molecule has 9 nitrogen and oxygen atoms in total. The molecule has 2 heterocycles. The van der Waals surface area contributed by atoms with Crippen LogP contribution in [-0.2, 0) is 22.5 Å². The highest BCUT2D eigenvalue weighted by Crippen LogP contribution is 2.38. The van der Waals surface area contributed by atoms with Gasteiger partial charge in [-0.1, -0.05) is 41.4 Å². The average molecular weight is 679 g/mol. The first-order valence-corrected chi connectivity index (χ1v) is 15.8. The Morgan fingerprint density at radius 2 is 1.80 bits per heavy atom. The average Bonchev–Trinajstić information content (AvgIpc) is 3.72. The van der Waals surface area contributed by atoms with E-state index in [9.17, 15) is 23.6 Å². The minimum atomic E-state index is -3.06. The zero-order chi connectivity index (χ0) is 33.0. The molecular formula is C33H35Cl2F2N3O6. The van der Waals surface area contributed by atoms with E-state index in [4.69, 9.17) is 37.4 Å². The van der Waals surface area contributed by atoms with Crippen molar-refractivity contribution in [3.63, 3.8) is 0 Å². The number of ether oxygens (including phenoxy) is 3. The molecule has 2 aromatic carbocycles. The van der Waals surface area contributed by atoms with Crippen molar-refractivity contribution in [3.8, 4) is 11.5 Å². The number of carbonyl (C=O) groups is 2. The van der Waals surface area contributed by atoms with E-state index in [0.717, 1.165) is 37.2 Å². The lowest BCUT2D eigenvalue weighted by Gasteiger charge is -2.27. The third-order valence-corrected chi connectivity index (χ3v) is 8.69. The monoisotopic (exact) mass is 677 g/mol. The first-order valence-electron chi connectivity index (χ1n) is 15.0. The van der Waals surface area contributed by atoms with E-state index >= 15 is 0 Å². The van der Waals surface area contributed by atoms with Crippen LogP contribution in [-0.4, -0.2) is 61.6 Å². The summed E-state index contributed by atoms with van der Waals surface area (Å²) < 4.78 is 43.6. The molecule has 3 aromatic rings. The molecule has 5 rings (SSSR count). The Morgan fingerprint density at radius 3 is 2.48 bits per heavy atom. The summed E-state index contributed by atoms with van der Waals surface area (Å²) in [6.45, 7) is -1.64. The SMILES string of the molecule is CN(C)C(=O)c1cccc(CN2CCC[C@H]2C(=O)O[C@@H](Cc2c(Cl)c[n+]([O-])cc2Cl)c2ccc(OC(F)F)c(OCC3CC3)c2)c1. The molecule has 0 spiro atoms. The third-order valence-electron chi connectivity index (χ3n) is 8.03. The predicted octanol–water partition coefficient (Wildman–Crippen LogP) is 6.21. The number of esters is 1. The van der Waals surface area contributed by atoms with Crippen LogP contribution in [0.25, 0.3) is 0 Å². The zero-order valence-electron chi connectivity index (χ0n) is 25.5. The van der Waals surface area contributed by atoms with Crippen molar-refractivity contribution in [2.75, 3.05) is 27.2 Å². The van der Waals surface area contributed by atoms with E-state index in [0.29, 0.717) is 53.5 Å². The van der Waals surface area contributed by atoms with E-state index < -0.39 is 24.7 Å². The highest BCUT2D eigenvalue weighted by molar-refractivity contribution is 6.35. The largest absolute Gasteiger partial charge is 0.619 e. The van der Waals surface area contributed by atoms with Gasteiger partial charge in [-0.2, -0.15) is 13.5 Å². The lowest BCUT2D eigenvalue weighted by Crippen LogP contribution is -2.37. The summed E-state index contributed by atoms with van der Waals surface area (Å²) in [5, 5.41) is 12.1. The van der Waals surface area contributed by atoms with E-state index in [1.807, 2.05) is 23.1 Å². The van der Waals surface area contributed by atoms with Gasteiger partial charge in [-0.25, -0.2) is 0 Å². The van der Waals surface area contributed by atoms with Crippen LogP contribution in [0.15, 0.2) is 54.9 Å². The summed E-state index contributed by atoms with van der Waals surface area (Å²) in [6, 6.07) is 11.1. The highest BCUT2D eigenvalue weighted by Gasteiger charge is 2.35. The number of rotatable bonds is 13. The smallest absolute Gasteiger partial charge is 0.387 e. The molecule has 1 aromatic heterocycles. The number of hydrogen-bond acceptors (Lipinski definition) is 7. The predicted molar refractivity (Wildman–Crippen MR) is 167 cm³/mol. The van der Waals surface area contributed by atoms with Gasteiger partial charge in [0.15, 0.2) is 23.9 Å². The Balaban J connectivity index is 1.41. The molecule has 246 valence electrons. The van der Waals surface area contributed by atoms with E-state index in [-0.39, 0.29) is 33.9 Å². The molecule has 1 aliphatic heterocycles. The lowest BCUT2D eigenvalue weighted by molar-refractivity contribution is -0.605. The van der Waals surface area contributed by atoms with Gasteiger partial charge in [-0.15, -0.1) is 0 Å². The van der Waals surface area contributed by atoms with Gasteiger partial charge in [-0.3, -0.25) is 14.5 Å². The highest BCUT2D eigenvalue weighted by atomic mass is 35.5. The molecule has 2 aliphatic rings. The molecule has 2 fully saturated rings. The summed E-state index contributed by atoms with van der Waals surface area (Å²) in [4.78, 5) is 29.8. The molecule has 1 saturated heterocycles. The van der Waals surface area contributed by atoms with Crippen molar-refractivity contribution >= 4 is 35.1 Å². The van der Waals surface area contributed by atoms with Gasteiger partial charge in [0.1, 0.15) is 22.2 Å². The quantitative estimate of drug-likeness (QED) is 0.121. The second kappa shape index (κ2) is 14.8. The summed E-state index contributed by atoms with van der Waals surface area (Å²) in [6.07, 6.45) is 4.65. The third kappa shape index (κ3) is 8.57. The van der Waals surface area contributed by atoms with Crippen LogP contribution < -0.4 is 14.2 Å². The van der Waals surface area contributed by atoms with Crippen LogP contribution in [0.4, 0.5) is 8.78 Å². The van der Waals surface area contributed by atoms with E-state index in [1.165, 1.54) is 23.1 Å². The number of carbonyl (C=O) groups excluding carboxylic acids is 2. The Morgan fingerprint density at radius 1 is 1.07 bits per heavy atom. The van der Waals surface area contributed by atoms with Gasteiger partial charge in [0, 0.05) is 38.2 Å². The van der Waals surface area contributed by atoms with E-state index in [2.05, 4.69) is 0 Å². The molecule has 0 unspecified atom stereocenters. The van der Waals surface area contributed by atoms with Crippen LogP contribution in [0.2, 0.25) is 10.0 Å². The lowest BCUT2D eigenvalue weighted by atomic mass is 10.0. The van der Waals surface area contributed by atoms with Crippen LogP contribution in [0.1, 0.15) is 58.8 Å². The fraction of sp³-hybridized carbons (Fsp3) is 0.424. The number of benzene rings is 2. The summed E-state index contributed by atoms with van der Waals surface area (Å²) in [5.41, 5.74) is 2.26. The van der Waals surface area contributed by atoms with Gasteiger partial charge in [-0.05, 0) is 73.5 Å². The number of pyridine rings is 1. The number of halogens is 4. The molecule has 1 aliphatic carbocycles. The summed E-state index contributed by atoms with van der Waals surface area (Å²) >= 11 is 12.8. The van der Waals surface area contributed by atoms with Gasteiger partial charge in [0.25, 0.3) is 5.91 Å². The van der Waals surface area contributed by atoms with Crippen LogP contribution >= 0.6 is 23.2 Å². The Labute approximate surface area is 276 Å². The Kier molecular flexibility index (Phi) is 10.9. The zero-order valence-corrected chi connectivity index (χ0v) is 27.0. The molecule has 2 atom stereocenters. The molecular weight excluding hydrogens is 643 g/mol. The number of alkyl halides is 2. The molecule has 1 saturated carbocycles. The summed E-state index contributed by atoms with van der Waals surface area (Å²) in [5.74, 6) is -0.299. The fourth-order valence-corrected chi connectivity index (χ4v) is 6.06. The first kappa shape index (κ1) is 33.7. The minimum Gasteiger partial charge on any atom is -0.619 e. The number of likely N-dealkylation sites (tertiary alicyclic amines) is 1. The second-order valence-corrected chi connectivity index (χ2v) is 12.6. The number of amides is 1. The molecule has 0 radical (unpaired) electrons. The maximum absolute atomic E-state index is 13.8. The molecule has 1 amide bonds. The van der Waals surface area contributed by atoms with Gasteiger partial charge in [0.05, 0.1) is 6.61 Å². The van der Waals surface area contributed by atoms with Crippen LogP contribution in [0, 0.1) is 11.1 Å². The summed E-state index contributed by atoms with van der Waals surface area (Å²) in [7, 11) is 3.38. The normalized spacial score (nSPS) is 17.2. The number of aromatic nitrogens is 1. The van der Waals surface area contributed by atoms with Crippen molar-refractivity contribution in [2.24, 2.45) is 5.92 Å². The van der Waals surface area contributed by atoms with Crippen molar-refractivity contribution in [1.29, 1.82) is 0 Å². The minimum absolute atomic E-state index is 0.00275. The first-order chi connectivity index (χ1) is 22.0. The number of hydrogen-bond donors (Lipinski definition) is 0. The maximum atomic E-state index is 13.8.